The van der Waals surface area contributed by atoms with Gasteiger partial charge in [0.1, 0.15) is 11.8 Å². The van der Waals surface area contributed by atoms with Gasteiger partial charge in [0, 0.05) is 11.3 Å². The van der Waals surface area contributed by atoms with Gasteiger partial charge in [-0.3, -0.25) is 23.6 Å². The van der Waals surface area contributed by atoms with Crippen molar-refractivity contribution in [2.75, 3.05) is 18.1 Å². The topological polar surface area (TPSA) is 154 Å². The van der Waals surface area contributed by atoms with E-state index in [0.717, 1.165) is 5.56 Å². The SMILES string of the molecule is CCOP(=O)(OCC)c1ccc(C=CC2=C([N]C=O)C3(N(C=O)c4ccc(P(=O)(O)O)cc4)C=CC2O3)cc1. The van der Waals surface area contributed by atoms with E-state index in [-0.39, 0.29) is 29.9 Å². The number of fused-ring (bicyclic) bond motifs is 2. The van der Waals surface area contributed by atoms with Gasteiger partial charge < -0.3 is 23.6 Å². The number of amides is 2. The maximum absolute atomic E-state index is 13.0. The summed E-state index contributed by atoms with van der Waals surface area (Å²) >= 11 is 0. The Labute approximate surface area is 225 Å². The van der Waals surface area contributed by atoms with Crippen LogP contribution in [0.2, 0.25) is 0 Å². The molecule has 2 atom stereocenters. The van der Waals surface area contributed by atoms with Gasteiger partial charge in [-0.05, 0) is 61.9 Å². The van der Waals surface area contributed by atoms with Crippen LogP contribution in [-0.4, -0.2) is 47.6 Å². The molecule has 11 nitrogen and oxygen atoms in total. The molecule has 0 saturated carbocycles. The molecular weight excluding hydrogens is 546 g/mol. The molecule has 4 rings (SSSR count). The van der Waals surface area contributed by atoms with Gasteiger partial charge in [-0.2, -0.15) is 0 Å². The molecule has 2 N–H and O–H groups in total. The number of benzene rings is 2. The molecule has 0 aromatic heterocycles. The van der Waals surface area contributed by atoms with E-state index in [4.69, 9.17) is 13.8 Å². The second-order valence-electron chi connectivity index (χ2n) is 8.43. The second kappa shape index (κ2) is 11.5. The maximum atomic E-state index is 13.0. The molecule has 39 heavy (non-hydrogen) atoms. The van der Waals surface area contributed by atoms with E-state index >= 15 is 0 Å². The molecule has 0 aliphatic carbocycles. The zero-order valence-electron chi connectivity index (χ0n) is 21.1. The first-order chi connectivity index (χ1) is 18.6. The van der Waals surface area contributed by atoms with Crippen molar-refractivity contribution in [2.24, 2.45) is 0 Å². The van der Waals surface area contributed by atoms with Crippen molar-refractivity contribution in [2.45, 2.75) is 25.7 Å². The van der Waals surface area contributed by atoms with Crippen molar-refractivity contribution < 1.29 is 42.3 Å². The molecule has 2 amide bonds. The average molecular weight is 573 g/mol. The largest absolute Gasteiger partial charge is 0.361 e. The molecule has 2 aliphatic rings. The van der Waals surface area contributed by atoms with E-state index in [1.165, 1.54) is 29.2 Å². The third kappa shape index (κ3) is 5.62. The number of carbonyl (C=O) groups is 2. The van der Waals surface area contributed by atoms with Crippen LogP contribution in [0.15, 0.2) is 78.0 Å². The molecule has 0 spiro atoms. The quantitative estimate of drug-likeness (QED) is 0.209. The molecule has 2 bridgehead atoms. The molecule has 2 aromatic rings. The third-order valence-corrected chi connectivity index (χ3v) is 9.19. The highest BCUT2D eigenvalue weighted by Gasteiger charge is 2.53. The monoisotopic (exact) mass is 573 g/mol. The summed E-state index contributed by atoms with van der Waals surface area (Å²) in [6.07, 6.45) is 7.07. The van der Waals surface area contributed by atoms with E-state index < -0.39 is 27.0 Å². The van der Waals surface area contributed by atoms with Crippen molar-refractivity contribution in [3.05, 3.63) is 83.6 Å². The number of anilines is 1. The smallest absolute Gasteiger partial charge is 0.334 e. The summed E-state index contributed by atoms with van der Waals surface area (Å²) in [7, 11) is -7.90. The van der Waals surface area contributed by atoms with E-state index in [1.807, 2.05) is 0 Å². The van der Waals surface area contributed by atoms with Crippen LogP contribution in [0, 0.1) is 0 Å². The summed E-state index contributed by atoms with van der Waals surface area (Å²) in [6, 6.07) is 12.0. The molecule has 2 unspecified atom stereocenters. The summed E-state index contributed by atoms with van der Waals surface area (Å²) in [5.41, 5.74) is 0.238. The first-order valence-corrected chi connectivity index (χ1v) is 15.1. The summed E-state index contributed by atoms with van der Waals surface area (Å²) in [5, 5.41) is 4.21. The predicted molar refractivity (Wildman–Crippen MR) is 145 cm³/mol. The van der Waals surface area contributed by atoms with Crippen LogP contribution in [0.5, 0.6) is 0 Å². The minimum atomic E-state index is -4.47. The molecule has 1 radical (unpaired) electrons. The molecule has 0 saturated heterocycles. The Balaban J connectivity index is 1.66. The van der Waals surface area contributed by atoms with Crippen molar-refractivity contribution in [3.8, 4) is 0 Å². The van der Waals surface area contributed by atoms with E-state index in [1.54, 1.807) is 62.4 Å². The fourth-order valence-electron chi connectivity index (χ4n) is 4.40. The lowest BCUT2D eigenvalue weighted by Gasteiger charge is -2.35. The van der Waals surface area contributed by atoms with Crippen molar-refractivity contribution in [1.29, 1.82) is 0 Å². The Morgan fingerprint density at radius 1 is 0.974 bits per heavy atom. The predicted octanol–water partition coefficient (Wildman–Crippen LogP) is 2.74. The lowest BCUT2D eigenvalue weighted by atomic mass is 9.96. The van der Waals surface area contributed by atoms with Crippen LogP contribution in [-0.2, 0) is 32.5 Å². The number of nitrogens with zero attached hydrogens (tertiary/aromatic N) is 2. The van der Waals surface area contributed by atoms with Gasteiger partial charge in [0.15, 0.2) is 0 Å². The lowest BCUT2D eigenvalue weighted by Crippen LogP contribution is -2.49. The van der Waals surface area contributed by atoms with E-state index in [9.17, 15) is 28.5 Å². The van der Waals surface area contributed by atoms with Gasteiger partial charge in [0.25, 0.3) is 0 Å². The normalized spacial score (nSPS) is 20.6. The Bertz CT molecular complexity index is 1400. The van der Waals surface area contributed by atoms with E-state index in [0.29, 0.717) is 23.7 Å². The molecule has 13 heteroatoms. The molecule has 0 fully saturated rings. The van der Waals surface area contributed by atoms with Crippen molar-refractivity contribution in [3.63, 3.8) is 0 Å². The van der Waals surface area contributed by atoms with E-state index in [2.05, 4.69) is 5.32 Å². The van der Waals surface area contributed by atoms with Gasteiger partial charge in [-0.1, -0.05) is 30.4 Å². The van der Waals surface area contributed by atoms with Gasteiger partial charge >= 0.3 is 15.2 Å². The Morgan fingerprint density at radius 3 is 2.13 bits per heavy atom. The van der Waals surface area contributed by atoms with Gasteiger partial charge in [-0.15, -0.1) is 0 Å². The van der Waals surface area contributed by atoms with Crippen LogP contribution in [0.1, 0.15) is 19.4 Å². The minimum Gasteiger partial charge on any atom is -0.334 e. The third-order valence-electron chi connectivity index (χ3n) is 6.09. The average Bonchev–Trinajstić information content (AvgIpc) is 3.46. The molecule has 2 heterocycles. The first kappa shape index (κ1) is 28.9. The first-order valence-electron chi connectivity index (χ1n) is 12.0. The van der Waals surface area contributed by atoms with Crippen LogP contribution in [0.25, 0.3) is 6.08 Å². The number of hydrogen-bond acceptors (Lipinski definition) is 7. The maximum Gasteiger partial charge on any atom is 0.361 e. The molecule has 2 aromatic carbocycles. The molecule has 205 valence electrons. The van der Waals surface area contributed by atoms with Crippen LogP contribution in [0.3, 0.4) is 0 Å². The standard InChI is InChI=1S/C26H27N2O9P2/c1-3-35-39(34,36-4-2)22-10-5-19(6-11-22)7-14-23-24-15-16-26(37-24,25(23)27-17-29)28(18-30)20-8-12-21(13-9-20)38(31,32)33/h5-18,24H,3-4H2,1-2H3,(H2,31,32,33). The van der Waals surface area contributed by atoms with Crippen LogP contribution >= 0.6 is 15.2 Å². The van der Waals surface area contributed by atoms with Crippen LogP contribution < -0.4 is 20.8 Å². The summed E-state index contributed by atoms with van der Waals surface area (Å²) < 4.78 is 41.4. The van der Waals surface area contributed by atoms with Crippen LogP contribution in [0.4, 0.5) is 5.69 Å². The Kier molecular flexibility index (Phi) is 8.54. The molecule has 2 aliphatic heterocycles. The number of hydrogen-bond donors (Lipinski definition) is 2. The van der Waals surface area contributed by atoms with Gasteiger partial charge in [0.05, 0.1) is 23.8 Å². The summed E-state index contributed by atoms with van der Waals surface area (Å²) in [5.74, 6) is 0. The second-order valence-corrected chi connectivity index (χ2v) is 12.1. The number of rotatable bonds is 13. The summed E-state index contributed by atoms with van der Waals surface area (Å²) in [6.45, 7) is 3.94. The minimum absolute atomic E-state index is 0.196. The lowest BCUT2D eigenvalue weighted by molar-refractivity contribution is -0.112. The Morgan fingerprint density at radius 2 is 1.59 bits per heavy atom. The molecular formula is C26H27N2O9P2. The van der Waals surface area contributed by atoms with Crippen molar-refractivity contribution in [1.82, 2.24) is 5.32 Å². The Hall–Kier alpha value is -3.14. The zero-order valence-corrected chi connectivity index (χ0v) is 22.9. The van der Waals surface area contributed by atoms with Gasteiger partial charge in [0.2, 0.25) is 18.5 Å². The van der Waals surface area contributed by atoms with Gasteiger partial charge in [-0.25, -0.2) is 5.32 Å². The number of ether oxygens (including phenoxy) is 1. The number of carbonyl (C=O) groups excluding carboxylic acids is 2. The highest BCUT2D eigenvalue weighted by molar-refractivity contribution is 7.62. The zero-order chi connectivity index (χ0) is 28.3. The highest BCUT2D eigenvalue weighted by atomic mass is 31.2. The van der Waals surface area contributed by atoms with Crippen molar-refractivity contribution >= 4 is 50.4 Å². The highest BCUT2D eigenvalue weighted by Crippen LogP contribution is 2.48. The fourth-order valence-corrected chi connectivity index (χ4v) is 6.50. The fraction of sp³-hybridized carbons (Fsp3) is 0.231. The summed E-state index contributed by atoms with van der Waals surface area (Å²) in [4.78, 5) is 43.7.